The van der Waals surface area contributed by atoms with Gasteiger partial charge in [-0.1, -0.05) is 0 Å². The van der Waals surface area contributed by atoms with Crippen molar-refractivity contribution >= 4 is 33.2 Å². The van der Waals surface area contributed by atoms with Gasteiger partial charge in [-0.3, -0.25) is 14.4 Å². The average molecular weight is 379 g/mol. The molecule has 0 bridgehead atoms. The molecule has 0 unspecified atom stereocenters. The number of benzene rings is 1. The smallest absolute Gasteiger partial charge is 0.251 e. The first-order valence-corrected chi connectivity index (χ1v) is 10.3. The fraction of sp³-hybridized carbons (Fsp3) is 0.471. The minimum atomic E-state index is -3.05. The van der Waals surface area contributed by atoms with Crippen LogP contribution in [0.25, 0.3) is 0 Å². The number of nitrogens with zero attached hydrogens (tertiary/aromatic N) is 2. The van der Waals surface area contributed by atoms with Gasteiger partial charge in [-0.15, -0.1) is 0 Å². The Morgan fingerprint density at radius 2 is 1.69 bits per heavy atom. The summed E-state index contributed by atoms with van der Waals surface area (Å²) in [5, 5.41) is 2.55. The minimum Gasteiger partial charge on any atom is -0.343 e. The number of nitrogens with one attached hydrogen (secondary N) is 1. The third kappa shape index (κ3) is 4.21. The summed E-state index contributed by atoms with van der Waals surface area (Å²) in [7, 11) is -3.05. The number of amides is 3. The Labute approximate surface area is 152 Å². The van der Waals surface area contributed by atoms with Crippen LogP contribution in [0.4, 0.5) is 5.69 Å². The zero-order valence-electron chi connectivity index (χ0n) is 14.3. The number of rotatable bonds is 4. The van der Waals surface area contributed by atoms with Crippen LogP contribution >= 0.6 is 0 Å². The van der Waals surface area contributed by atoms with E-state index in [1.54, 1.807) is 29.2 Å². The third-order valence-corrected chi connectivity index (χ3v) is 6.22. The van der Waals surface area contributed by atoms with Crippen LogP contribution in [-0.2, 0) is 19.4 Å². The number of carbonyl (C=O) groups is 3. The van der Waals surface area contributed by atoms with Crippen molar-refractivity contribution in [2.75, 3.05) is 42.6 Å². The number of carbonyl (C=O) groups excluding carboxylic acids is 3. The Bertz CT molecular complexity index is 805. The zero-order valence-corrected chi connectivity index (χ0v) is 15.1. The summed E-state index contributed by atoms with van der Waals surface area (Å²) in [5.74, 6) is -0.682. The van der Waals surface area contributed by atoms with Gasteiger partial charge in [0.15, 0.2) is 9.84 Å². The molecule has 0 atom stereocenters. The molecule has 2 aliphatic heterocycles. The van der Waals surface area contributed by atoms with Crippen LogP contribution in [0, 0.1) is 0 Å². The van der Waals surface area contributed by atoms with Gasteiger partial charge in [0, 0.05) is 37.3 Å². The molecule has 8 nitrogen and oxygen atoms in total. The van der Waals surface area contributed by atoms with Crippen LogP contribution in [-0.4, -0.2) is 68.7 Å². The molecule has 26 heavy (non-hydrogen) atoms. The quantitative estimate of drug-likeness (QED) is 0.780. The van der Waals surface area contributed by atoms with Gasteiger partial charge in [0.2, 0.25) is 11.8 Å². The molecule has 9 heteroatoms. The molecule has 0 radical (unpaired) electrons. The van der Waals surface area contributed by atoms with Gasteiger partial charge < -0.3 is 15.1 Å². The highest BCUT2D eigenvalue weighted by Gasteiger charge is 2.25. The topological polar surface area (TPSA) is 104 Å². The molecule has 140 valence electrons. The lowest BCUT2D eigenvalue weighted by molar-refractivity contribution is -0.129. The van der Waals surface area contributed by atoms with Crippen LogP contribution < -0.4 is 10.2 Å². The summed E-state index contributed by atoms with van der Waals surface area (Å²) in [5.41, 5.74) is 1.16. The van der Waals surface area contributed by atoms with E-state index < -0.39 is 9.84 Å². The standard InChI is InChI=1S/C17H21N3O5S/c21-15-2-1-7-20(15)14-5-3-13(4-6-14)17(23)18-12-16(22)19-8-10-26(24,25)11-9-19/h3-6H,1-2,7-12H2,(H,18,23). The normalized spacial score (nSPS) is 19.5. The number of sulfone groups is 1. The maximum absolute atomic E-state index is 12.2. The molecule has 0 aromatic heterocycles. The Hall–Kier alpha value is -2.42. The predicted octanol–water partition coefficient (Wildman–Crippen LogP) is -0.200. The van der Waals surface area contributed by atoms with E-state index in [0.717, 1.165) is 12.1 Å². The summed E-state index contributed by atoms with van der Waals surface area (Å²) in [6.45, 7) is 0.834. The molecule has 0 spiro atoms. The van der Waals surface area contributed by atoms with Crippen molar-refractivity contribution in [2.24, 2.45) is 0 Å². The van der Waals surface area contributed by atoms with Crippen molar-refractivity contribution in [2.45, 2.75) is 12.8 Å². The third-order valence-electron chi connectivity index (χ3n) is 4.61. The van der Waals surface area contributed by atoms with E-state index in [1.165, 1.54) is 4.90 Å². The van der Waals surface area contributed by atoms with Gasteiger partial charge in [-0.05, 0) is 30.7 Å². The summed E-state index contributed by atoms with van der Waals surface area (Å²) in [4.78, 5) is 39.1. The predicted molar refractivity (Wildman–Crippen MR) is 95.6 cm³/mol. The van der Waals surface area contributed by atoms with Gasteiger partial charge in [-0.25, -0.2) is 8.42 Å². The molecular formula is C17H21N3O5S. The van der Waals surface area contributed by atoms with Crippen molar-refractivity contribution in [1.29, 1.82) is 0 Å². The van der Waals surface area contributed by atoms with Gasteiger partial charge >= 0.3 is 0 Å². The molecule has 1 aromatic rings. The van der Waals surface area contributed by atoms with Crippen molar-refractivity contribution in [3.8, 4) is 0 Å². The molecule has 2 aliphatic rings. The van der Waals surface area contributed by atoms with Crippen LogP contribution in [0.1, 0.15) is 23.2 Å². The van der Waals surface area contributed by atoms with Gasteiger partial charge in [0.05, 0.1) is 18.1 Å². The van der Waals surface area contributed by atoms with Crippen molar-refractivity contribution in [1.82, 2.24) is 10.2 Å². The molecule has 3 rings (SSSR count). The molecule has 1 N–H and O–H groups in total. The van der Waals surface area contributed by atoms with E-state index in [-0.39, 0.29) is 48.9 Å². The maximum atomic E-state index is 12.2. The van der Waals surface area contributed by atoms with Gasteiger partial charge in [0.25, 0.3) is 5.91 Å². The highest BCUT2D eigenvalue weighted by molar-refractivity contribution is 7.91. The van der Waals surface area contributed by atoms with Crippen LogP contribution in [0.5, 0.6) is 0 Å². The lowest BCUT2D eigenvalue weighted by Gasteiger charge is -2.26. The second-order valence-electron chi connectivity index (χ2n) is 6.41. The molecule has 0 saturated carbocycles. The van der Waals surface area contributed by atoms with E-state index in [4.69, 9.17) is 0 Å². The molecule has 2 fully saturated rings. The Morgan fingerprint density at radius 1 is 1.04 bits per heavy atom. The summed E-state index contributed by atoms with van der Waals surface area (Å²) < 4.78 is 22.8. The molecule has 3 amide bonds. The highest BCUT2D eigenvalue weighted by Crippen LogP contribution is 2.21. The first-order valence-electron chi connectivity index (χ1n) is 8.52. The van der Waals surface area contributed by atoms with E-state index in [0.29, 0.717) is 18.5 Å². The van der Waals surface area contributed by atoms with Crippen LogP contribution in [0.2, 0.25) is 0 Å². The molecule has 2 saturated heterocycles. The number of hydrogen-bond acceptors (Lipinski definition) is 5. The van der Waals surface area contributed by atoms with Crippen molar-refractivity contribution in [3.05, 3.63) is 29.8 Å². The van der Waals surface area contributed by atoms with E-state index in [9.17, 15) is 22.8 Å². The monoisotopic (exact) mass is 379 g/mol. The van der Waals surface area contributed by atoms with E-state index in [2.05, 4.69) is 5.32 Å². The lowest BCUT2D eigenvalue weighted by atomic mass is 10.2. The SMILES string of the molecule is O=C(NCC(=O)N1CCS(=O)(=O)CC1)c1ccc(N2CCCC2=O)cc1. The Morgan fingerprint density at radius 3 is 2.27 bits per heavy atom. The maximum Gasteiger partial charge on any atom is 0.251 e. The second kappa shape index (κ2) is 7.45. The highest BCUT2D eigenvalue weighted by atomic mass is 32.2. The van der Waals surface area contributed by atoms with Crippen molar-refractivity contribution < 1.29 is 22.8 Å². The number of hydrogen-bond donors (Lipinski definition) is 1. The minimum absolute atomic E-state index is 0.0383. The Balaban J connectivity index is 1.52. The van der Waals surface area contributed by atoms with Crippen LogP contribution in [0.3, 0.4) is 0 Å². The zero-order chi connectivity index (χ0) is 18.7. The number of anilines is 1. The summed E-state index contributed by atoms with van der Waals surface area (Å²) in [6.07, 6.45) is 1.38. The first-order chi connectivity index (χ1) is 12.4. The summed E-state index contributed by atoms with van der Waals surface area (Å²) >= 11 is 0. The van der Waals surface area contributed by atoms with Crippen LogP contribution in [0.15, 0.2) is 24.3 Å². The van der Waals surface area contributed by atoms with E-state index >= 15 is 0 Å². The molecule has 2 heterocycles. The average Bonchev–Trinajstić information content (AvgIpc) is 3.05. The first kappa shape index (κ1) is 18.4. The lowest BCUT2D eigenvalue weighted by Crippen LogP contribution is -2.47. The van der Waals surface area contributed by atoms with Gasteiger partial charge in [-0.2, -0.15) is 0 Å². The van der Waals surface area contributed by atoms with Crippen molar-refractivity contribution in [3.63, 3.8) is 0 Å². The summed E-state index contributed by atoms with van der Waals surface area (Å²) in [6, 6.07) is 6.67. The fourth-order valence-corrected chi connectivity index (χ4v) is 4.25. The molecule has 1 aromatic carbocycles. The molecular weight excluding hydrogens is 358 g/mol. The Kier molecular flexibility index (Phi) is 5.26. The fourth-order valence-electron chi connectivity index (χ4n) is 3.05. The van der Waals surface area contributed by atoms with E-state index in [1.807, 2.05) is 0 Å². The molecule has 0 aliphatic carbocycles. The second-order valence-corrected chi connectivity index (χ2v) is 8.71. The van der Waals surface area contributed by atoms with Gasteiger partial charge in [0.1, 0.15) is 0 Å². The largest absolute Gasteiger partial charge is 0.343 e.